The third-order valence-electron chi connectivity index (χ3n) is 2.32. The molecule has 0 radical (unpaired) electrons. The third-order valence-corrected chi connectivity index (χ3v) is 3.84. The number of sulfone groups is 1. The second-order valence-corrected chi connectivity index (χ2v) is 5.94. The Balaban J connectivity index is 2.80. The predicted octanol–water partition coefficient (Wildman–Crippen LogP) is 2.16. The van der Waals surface area contributed by atoms with Crippen molar-refractivity contribution in [3.05, 3.63) is 35.0 Å². The van der Waals surface area contributed by atoms with Crippen molar-refractivity contribution in [3.8, 4) is 6.07 Å². The Morgan fingerprint density at radius 1 is 1.41 bits per heavy atom. The molecule has 17 heavy (non-hydrogen) atoms. The lowest BCUT2D eigenvalue weighted by Gasteiger charge is -2.03. The molecule has 0 aliphatic heterocycles. The molecule has 0 saturated carbocycles. The van der Waals surface area contributed by atoms with Crippen LogP contribution in [0.2, 0.25) is 5.02 Å². The van der Waals surface area contributed by atoms with Crippen molar-refractivity contribution in [2.24, 2.45) is 0 Å². The van der Waals surface area contributed by atoms with Crippen molar-refractivity contribution in [3.63, 3.8) is 0 Å². The van der Waals surface area contributed by atoms with Gasteiger partial charge in [-0.25, -0.2) is 8.42 Å². The Bertz CT molecular complexity index is 748. The first-order valence-corrected chi connectivity index (χ1v) is 6.89. The first kappa shape index (κ1) is 11.8. The topological polar surface area (TPSA) is 70.8 Å². The third kappa shape index (κ3) is 2.09. The molecule has 0 bridgehead atoms. The van der Waals surface area contributed by atoms with Crippen molar-refractivity contribution in [1.82, 2.24) is 4.98 Å². The van der Waals surface area contributed by atoms with E-state index in [9.17, 15) is 8.42 Å². The van der Waals surface area contributed by atoms with E-state index >= 15 is 0 Å². The standard InChI is InChI=1S/C11H7ClN2O2S/c1-17(15,16)8-2-3-9-10(4-8)14-6-7(5-13)11(9)12/h2-4,6H,1H3. The summed E-state index contributed by atoms with van der Waals surface area (Å²) < 4.78 is 22.7. The monoisotopic (exact) mass is 266 g/mol. The van der Waals surface area contributed by atoms with Gasteiger partial charge in [-0.05, 0) is 18.2 Å². The maximum Gasteiger partial charge on any atom is 0.175 e. The highest BCUT2D eigenvalue weighted by molar-refractivity contribution is 7.90. The van der Waals surface area contributed by atoms with E-state index in [-0.39, 0.29) is 15.5 Å². The van der Waals surface area contributed by atoms with E-state index < -0.39 is 9.84 Å². The van der Waals surface area contributed by atoms with Crippen LogP contribution in [0.25, 0.3) is 10.9 Å². The second-order valence-electron chi connectivity index (χ2n) is 3.55. The molecule has 0 N–H and O–H groups in total. The molecule has 0 atom stereocenters. The average Bonchev–Trinajstić information content (AvgIpc) is 2.28. The minimum atomic E-state index is -3.27. The van der Waals surface area contributed by atoms with Crippen LogP contribution in [-0.2, 0) is 9.84 Å². The lowest BCUT2D eigenvalue weighted by atomic mass is 10.2. The molecular formula is C11H7ClN2O2S. The number of halogens is 1. The maximum absolute atomic E-state index is 11.4. The summed E-state index contributed by atoms with van der Waals surface area (Å²) in [7, 11) is -3.27. The van der Waals surface area contributed by atoms with E-state index in [1.54, 1.807) is 6.07 Å². The van der Waals surface area contributed by atoms with Crippen LogP contribution < -0.4 is 0 Å². The summed E-state index contributed by atoms with van der Waals surface area (Å²) in [5.74, 6) is 0. The second kappa shape index (κ2) is 3.99. The van der Waals surface area contributed by atoms with E-state index in [0.717, 1.165) is 6.26 Å². The molecule has 0 fully saturated rings. The van der Waals surface area contributed by atoms with E-state index in [1.807, 2.05) is 6.07 Å². The SMILES string of the molecule is CS(=O)(=O)c1ccc2c(Cl)c(C#N)cnc2c1. The molecule has 86 valence electrons. The molecule has 0 amide bonds. The number of benzene rings is 1. The molecule has 1 aromatic heterocycles. The van der Waals surface area contributed by atoms with Crippen molar-refractivity contribution < 1.29 is 8.42 Å². The number of hydrogen-bond acceptors (Lipinski definition) is 4. The predicted molar refractivity (Wildman–Crippen MR) is 64.6 cm³/mol. The van der Waals surface area contributed by atoms with Crippen LogP contribution in [0.3, 0.4) is 0 Å². The summed E-state index contributed by atoms with van der Waals surface area (Å²) in [6.45, 7) is 0. The fourth-order valence-corrected chi connectivity index (χ4v) is 2.34. The van der Waals surface area contributed by atoms with Crippen LogP contribution in [0.5, 0.6) is 0 Å². The Hall–Kier alpha value is -1.64. The van der Waals surface area contributed by atoms with E-state index in [1.165, 1.54) is 18.3 Å². The van der Waals surface area contributed by atoms with E-state index in [0.29, 0.717) is 10.9 Å². The fraction of sp³-hybridized carbons (Fsp3) is 0.0909. The largest absolute Gasteiger partial charge is 0.255 e. The van der Waals surface area contributed by atoms with Crippen molar-refractivity contribution in [1.29, 1.82) is 5.26 Å². The van der Waals surface area contributed by atoms with Crippen LogP contribution in [0, 0.1) is 11.3 Å². The Labute approximate surface area is 103 Å². The molecule has 0 saturated heterocycles. The smallest absolute Gasteiger partial charge is 0.175 e. The summed E-state index contributed by atoms with van der Waals surface area (Å²) in [5, 5.41) is 9.65. The van der Waals surface area contributed by atoms with Crippen molar-refractivity contribution >= 4 is 32.3 Å². The van der Waals surface area contributed by atoms with Crippen LogP contribution in [0.15, 0.2) is 29.3 Å². The van der Waals surface area contributed by atoms with Crippen molar-refractivity contribution in [2.45, 2.75) is 4.90 Å². The lowest BCUT2D eigenvalue weighted by molar-refractivity contribution is 0.602. The molecule has 2 aromatic rings. The molecule has 0 spiro atoms. The Morgan fingerprint density at radius 2 is 2.12 bits per heavy atom. The van der Waals surface area contributed by atoms with Crippen LogP contribution in [0.1, 0.15) is 5.56 Å². The molecule has 6 heteroatoms. The van der Waals surface area contributed by atoms with Gasteiger partial charge in [-0.15, -0.1) is 0 Å². The number of hydrogen-bond donors (Lipinski definition) is 0. The van der Waals surface area contributed by atoms with Gasteiger partial charge in [-0.2, -0.15) is 5.26 Å². The zero-order valence-electron chi connectivity index (χ0n) is 8.81. The Kier molecular flexibility index (Phi) is 2.77. The summed E-state index contributed by atoms with van der Waals surface area (Å²) in [4.78, 5) is 4.19. The minimum Gasteiger partial charge on any atom is -0.255 e. The van der Waals surface area contributed by atoms with Gasteiger partial charge in [-0.1, -0.05) is 11.6 Å². The Morgan fingerprint density at radius 3 is 2.71 bits per heavy atom. The number of pyridine rings is 1. The van der Waals surface area contributed by atoms with Gasteiger partial charge in [0.25, 0.3) is 0 Å². The molecule has 0 aliphatic carbocycles. The first-order valence-electron chi connectivity index (χ1n) is 4.62. The highest BCUT2D eigenvalue weighted by atomic mass is 35.5. The highest BCUT2D eigenvalue weighted by Gasteiger charge is 2.11. The maximum atomic E-state index is 11.4. The van der Waals surface area contributed by atoms with Crippen LogP contribution >= 0.6 is 11.6 Å². The minimum absolute atomic E-state index is 0.179. The summed E-state index contributed by atoms with van der Waals surface area (Å²) in [5.41, 5.74) is 0.725. The van der Waals surface area contributed by atoms with E-state index in [2.05, 4.69) is 4.98 Å². The normalized spacial score (nSPS) is 11.4. The summed E-state index contributed by atoms with van der Waals surface area (Å²) in [6, 6.07) is 6.37. The molecule has 4 nitrogen and oxygen atoms in total. The van der Waals surface area contributed by atoms with Gasteiger partial charge in [0.1, 0.15) is 6.07 Å². The number of fused-ring (bicyclic) bond motifs is 1. The van der Waals surface area contributed by atoms with Gasteiger partial charge in [0.15, 0.2) is 9.84 Å². The van der Waals surface area contributed by atoms with Crippen LogP contribution in [-0.4, -0.2) is 19.7 Å². The zero-order chi connectivity index (χ0) is 12.6. The molecular weight excluding hydrogens is 260 g/mol. The van der Waals surface area contributed by atoms with Gasteiger partial charge in [-0.3, -0.25) is 4.98 Å². The average molecular weight is 267 g/mol. The number of rotatable bonds is 1. The zero-order valence-corrected chi connectivity index (χ0v) is 10.4. The highest BCUT2D eigenvalue weighted by Crippen LogP contribution is 2.26. The van der Waals surface area contributed by atoms with Gasteiger partial charge >= 0.3 is 0 Å². The molecule has 1 aromatic carbocycles. The fourth-order valence-electron chi connectivity index (χ4n) is 1.45. The number of nitriles is 1. The number of aromatic nitrogens is 1. The van der Waals surface area contributed by atoms with Crippen molar-refractivity contribution in [2.75, 3.05) is 6.26 Å². The van der Waals surface area contributed by atoms with Gasteiger partial charge in [0.2, 0.25) is 0 Å². The summed E-state index contributed by atoms with van der Waals surface area (Å²) >= 11 is 6.00. The first-order chi connectivity index (χ1) is 7.93. The molecule has 1 heterocycles. The molecule has 0 unspecified atom stereocenters. The van der Waals surface area contributed by atoms with Gasteiger partial charge in [0.05, 0.1) is 21.0 Å². The molecule has 0 aliphatic rings. The van der Waals surface area contributed by atoms with E-state index in [4.69, 9.17) is 16.9 Å². The molecule has 2 rings (SSSR count). The summed E-state index contributed by atoms with van der Waals surface area (Å²) in [6.07, 6.45) is 2.45. The number of nitrogens with zero attached hydrogens (tertiary/aromatic N) is 2. The van der Waals surface area contributed by atoms with Crippen LogP contribution in [0.4, 0.5) is 0 Å². The lowest BCUT2D eigenvalue weighted by Crippen LogP contribution is -1.97. The van der Waals surface area contributed by atoms with Gasteiger partial charge < -0.3 is 0 Å². The quantitative estimate of drug-likeness (QED) is 0.793. The van der Waals surface area contributed by atoms with Gasteiger partial charge in [0, 0.05) is 17.8 Å².